The number of alkyl halides is 3. The van der Waals surface area contributed by atoms with Gasteiger partial charge in [0, 0.05) is 18.3 Å². The maximum atomic E-state index is 12.6. The van der Waals surface area contributed by atoms with E-state index in [1.54, 1.807) is 13.8 Å². The van der Waals surface area contributed by atoms with Gasteiger partial charge in [0.2, 0.25) is 5.91 Å². The van der Waals surface area contributed by atoms with Crippen LogP contribution in [0.2, 0.25) is 0 Å². The summed E-state index contributed by atoms with van der Waals surface area (Å²) in [4.78, 5) is 11.1. The van der Waals surface area contributed by atoms with Gasteiger partial charge in [0.25, 0.3) is 10.0 Å². The maximum Gasteiger partial charge on any atom is 0.416 e. The first kappa shape index (κ1) is 19.8. The second-order valence-electron chi connectivity index (χ2n) is 5.80. The molecular formula is C17H17F3N2O3S. The highest BCUT2D eigenvalue weighted by atomic mass is 32.2. The Hall–Kier alpha value is -2.55. The number of halogens is 3. The number of aryl methyl sites for hydroxylation is 2. The van der Waals surface area contributed by atoms with E-state index in [-0.39, 0.29) is 16.5 Å². The van der Waals surface area contributed by atoms with Gasteiger partial charge < -0.3 is 5.32 Å². The van der Waals surface area contributed by atoms with Gasteiger partial charge in [-0.1, -0.05) is 0 Å². The zero-order valence-electron chi connectivity index (χ0n) is 14.2. The van der Waals surface area contributed by atoms with E-state index in [1.807, 2.05) is 0 Å². The molecule has 9 heteroatoms. The number of anilines is 2. The number of rotatable bonds is 4. The van der Waals surface area contributed by atoms with Crippen molar-refractivity contribution in [1.82, 2.24) is 0 Å². The average molecular weight is 386 g/mol. The molecule has 0 aliphatic carbocycles. The van der Waals surface area contributed by atoms with E-state index >= 15 is 0 Å². The largest absolute Gasteiger partial charge is 0.416 e. The third-order valence-corrected chi connectivity index (χ3v) is 5.20. The molecule has 1 amide bonds. The Morgan fingerprint density at radius 1 is 0.962 bits per heavy atom. The van der Waals surface area contributed by atoms with E-state index in [0.717, 1.165) is 24.3 Å². The Morgan fingerprint density at radius 2 is 1.46 bits per heavy atom. The van der Waals surface area contributed by atoms with E-state index in [0.29, 0.717) is 16.8 Å². The lowest BCUT2D eigenvalue weighted by Gasteiger charge is -2.15. The number of hydrogen-bond acceptors (Lipinski definition) is 3. The summed E-state index contributed by atoms with van der Waals surface area (Å²) in [6, 6.07) is 6.73. The fourth-order valence-electron chi connectivity index (χ4n) is 2.58. The highest BCUT2D eigenvalue weighted by Crippen LogP contribution is 2.31. The first-order valence-corrected chi connectivity index (χ1v) is 8.97. The molecule has 2 N–H and O–H groups in total. The molecule has 2 aromatic carbocycles. The van der Waals surface area contributed by atoms with Crippen molar-refractivity contribution in [2.45, 2.75) is 31.8 Å². The van der Waals surface area contributed by atoms with Crippen LogP contribution in [-0.4, -0.2) is 14.3 Å². The van der Waals surface area contributed by atoms with Crippen molar-refractivity contribution in [1.29, 1.82) is 0 Å². The van der Waals surface area contributed by atoms with Crippen LogP contribution in [0.25, 0.3) is 0 Å². The smallest absolute Gasteiger partial charge is 0.326 e. The summed E-state index contributed by atoms with van der Waals surface area (Å²) in [6.07, 6.45) is -4.50. The number of benzene rings is 2. The molecule has 0 spiro atoms. The van der Waals surface area contributed by atoms with Crippen LogP contribution >= 0.6 is 0 Å². The zero-order chi connectivity index (χ0) is 19.7. The normalized spacial score (nSPS) is 11.9. The van der Waals surface area contributed by atoms with Crippen molar-refractivity contribution in [3.05, 3.63) is 53.1 Å². The molecule has 5 nitrogen and oxygen atoms in total. The third kappa shape index (κ3) is 4.54. The van der Waals surface area contributed by atoms with Gasteiger partial charge in [0.1, 0.15) is 0 Å². The average Bonchev–Trinajstić information content (AvgIpc) is 2.44. The van der Waals surface area contributed by atoms with Crippen molar-refractivity contribution >= 4 is 27.3 Å². The van der Waals surface area contributed by atoms with Gasteiger partial charge in [-0.2, -0.15) is 13.2 Å². The molecule has 0 saturated carbocycles. The molecule has 26 heavy (non-hydrogen) atoms. The van der Waals surface area contributed by atoms with Crippen LogP contribution in [0.3, 0.4) is 0 Å². The Morgan fingerprint density at radius 3 is 1.88 bits per heavy atom. The highest BCUT2D eigenvalue weighted by Gasteiger charge is 2.30. The summed E-state index contributed by atoms with van der Waals surface area (Å²) in [5, 5.41) is 2.57. The van der Waals surface area contributed by atoms with Crippen molar-refractivity contribution in [3.8, 4) is 0 Å². The number of nitrogens with one attached hydrogen (secondary N) is 2. The molecule has 0 heterocycles. The molecular weight excluding hydrogens is 369 g/mol. The second kappa shape index (κ2) is 6.99. The maximum absolute atomic E-state index is 12.6. The number of carbonyl (C=O) groups is 1. The first-order chi connectivity index (χ1) is 11.9. The molecule has 0 atom stereocenters. The van der Waals surface area contributed by atoms with E-state index in [2.05, 4.69) is 10.0 Å². The third-order valence-electron chi connectivity index (χ3n) is 3.51. The van der Waals surface area contributed by atoms with E-state index in [9.17, 15) is 26.4 Å². The minimum Gasteiger partial charge on any atom is -0.326 e. The van der Waals surface area contributed by atoms with Gasteiger partial charge in [0.15, 0.2) is 0 Å². The number of carbonyl (C=O) groups excluding carboxylic acids is 1. The van der Waals surface area contributed by atoms with Gasteiger partial charge in [0.05, 0.1) is 10.5 Å². The summed E-state index contributed by atoms with van der Waals surface area (Å²) in [5.74, 6) is -0.290. The minimum atomic E-state index is -4.50. The predicted molar refractivity (Wildman–Crippen MR) is 92.5 cm³/mol. The molecule has 0 fully saturated rings. The van der Waals surface area contributed by atoms with Gasteiger partial charge >= 0.3 is 6.18 Å². The van der Waals surface area contributed by atoms with Gasteiger partial charge in [-0.25, -0.2) is 8.42 Å². The lowest BCUT2D eigenvalue weighted by Crippen LogP contribution is -2.16. The Kier molecular flexibility index (Phi) is 5.31. The molecule has 140 valence electrons. The standard InChI is InChI=1S/C17H17F3N2O3S/c1-10-8-15(21-12(3)23)9-11(2)16(10)26(24,25)22-14-6-4-13(5-7-14)17(18,19)20/h4-9,22H,1-3H3,(H,21,23). The lowest BCUT2D eigenvalue weighted by atomic mass is 10.1. The van der Waals surface area contributed by atoms with Crippen LogP contribution < -0.4 is 10.0 Å². The number of hydrogen-bond donors (Lipinski definition) is 2. The quantitative estimate of drug-likeness (QED) is 0.831. The molecule has 0 bridgehead atoms. The van der Waals surface area contributed by atoms with Crippen molar-refractivity contribution in [3.63, 3.8) is 0 Å². The summed E-state index contributed by atoms with van der Waals surface area (Å²) >= 11 is 0. The molecule has 0 radical (unpaired) electrons. The lowest BCUT2D eigenvalue weighted by molar-refractivity contribution is -0.137. The summed E-state index contributed by atoms with van der Waals surface area (Å²) in [5.41, 5.74) is 0.400. The molecule has 0 unspecified atom stereocenters. The minimum absolute atomic E-state index is 0.00602. The summed E-state index contributed by atoms with van der Waals surface area (Å²) in [7, 11) is -4.01. The second-order valence-corrected chi connectivity index (χ2v) is 7.42. The van der Waals surface area contributed by atoms with Crippen molar-refractivity contribution < 1.29 is 26.4 Å². The van der Waals surface area contributed by atoms with Crippen molar-refractivity contribution in [2.24, 2.45) is 0 Å². The predicted octanol–water partition coefficient (Wildman–Crippen LogP) is 4.08. The van der Waals surface area contributed by atoms with E-state index in [1.165, 1.54) is 19.1 Å². The Bertz CT molecular complexity index is 914. The molecule has 2 rings (SSSR count). The Balaban J connectivity index is 2.34. The van der Waals surface area contributed by atoms with E-state index < -0.39 is 21.8 Å². The fourth-order valence-corrected chi connectivity index (χ4v) is 4.10. The molecule has 0 aliphatic rings. The molecule has 0 aromatic heterocycles. The van der Waals surface area contributed by atoms with Crippen LogP contribution in [-0.2, 0) is 21.0 Å². The van der Waals surface area contributed by atoms with E-state index in [4.69, 9.17) is 0 Å². The number of amides is 1. The van der Waals surface area contributed by atoms with Gasteiger partial charge in [-0.3, -0.25) is 9.52 Å². The monoisotopic (exact) mass is 386 g/mol. The number of sulfonamides is 1. The summed E-state index contributed by atoms with van der Waals surface area (Å²) < 4.78 is 65.3. The first-order valence-electron chi connectivity index (χ1n) is 7.49. The highest BCUT2D eigenvalue weighted by molar-refractivity contribution is 7.92. The van der Waals surface area contributed by atoms with Crippen LogP contribution in [0.15, 0.2) is 41.3 Å². The zero-order valence-corrected chi connectivity index (χ0v) is 15.0. The van der Waals surface area contributed by atoms with Crippen LogP contribution in [0, 0.1) is 13.8 Å². The SMILES string of the molecule is CC(=O)Nc1cc(C)c(S(=O)(=O)Nc2ccc(C(F)(F)F)cc2)c(C)c1. The van der Waals surface area contributed by atoms with Gasteiger partial charge in [-0.05, 0) is 61.4 Å². The fraction of sp³-hybridized carbons (Fsp3) is 0.235. The molecule has 0 aliphatic heterocycles. The topological polar surface area (TPSA) is 75.3 Å². The molecule has 2 aromatic rings. The van der Waals surface area contributed by atoms with Crippen LogP contribution in [0.1, 0.15) is 23.6 Å². The van der Waals surface area contributed by atoms with Gasteiger partial charge in [-0.15, -0.1) is 0 Å². The molecule has 0 saturated heterocycles. The van der Waals surface area contributed by atoms with Crippen molar-refractivity contribution in [2.75, 3.05) is 10.0 Å². The summed E-state index contributed by atoms with van der Waals surface area (Å²) in [6.45, 7) is 4.47. The van der Waals surface area contributed by atoms with Crippen LogP contribution in [0.5, 0.6) is 0 Å². The van der Waals surface area contributed by atoms with Crippen LogP contribution in [0.4, 0.5) is 24.5 Å². The Labute approximate surface area is 149 Å².